The van der Waals surface area contributed by atoms with Crippen molar-refractivity contribution in [1.82, 2.24) is 4.57 Å². The summed E-state index contributed by atoms with van der Waals surface area (Å²) >= 11 is 0. The van der Waals surface area contributed by atoms with Crippen LogP contribution < -0.4 is 10.6 Å². The second kappa shape index (κ2) is 6.73. The van der Waals surface area contributed by atoms with Crippen molar-refractivity contribution in [3.63, 3.8) is 0 Å². The van der Waals surface area contributed by atoms with Gasteiger partial charge in [0.05, 0.1) is 11.0 Å². The van der Waals surface area contributed by atoms with Crippen molar-refractivity contribution in [2.24, 2.45) is 0 Å². The van der Waals surface area contributed by atoms with E-state index in [2.05, 4.69) is 108 Å². The van der Waals surface area contributed by atoms with Gasteiger partial charge in [-0.1, -0.05) is 72.8 Å². The van der Waals surface area contributed by atoms with Crippen molar-refractivity contribution in [3.05, 3.63) is 102 Å². The van der Waals surface area contributed by atoms with Crippen LogP contribution in [0.15, 0.2) is 95.4 Å². The third-order valence-electron chi connectivity index (χ3n) is 6.64. The molecule has 0 aliphatic heterocycles. The van der Waals surface area contributed by atoms with Gasteiger partial charge in [-0.15, -0.1) is 0 Å². The molecule has 0 amide bonds. The summed E-state index contributed by atoms with van der Waals surface area (Å²) in [4.78, 5) is 0. The lowest BCUT2D eigenvalue weighted by Gasteiger charge is -2.09. The van der Waals surface area contributed by atoms with Crippen LogP contribution in [0.4, 0.5) is 0 Å². The van der Waals surface area contributed by atoms with E-state index in [9.17, 15) is 0 Å². The first-order valence-corrected chi connectivity index (χ1v) is 11.2. The van der Waals surface area contributed by atoms with E-state index in [1.165, 1.54) is 43.7 Å². The van der Waals surface area contributed by atoms with E-state index in [-0.39, 0.29) is 0 Å². The van der Waals surface area contributed by atoms with Crippen LogP contribution in [0.1, 0.15) is 12.8 Å². The first kappa shape index (κ1) is 17.6. The Bertz CT molecular complexity index is 1710. The highest BCUT2D eigenvalue weighted by atomic mass is 16.3. The molecule has 0 saturated heterocycles. The van der Waals surface area contributed by atoms with E-state index in [4.69, 9.17) is 4.42 Å². The van der Waals surface area contributed by atoms with Crippen molar-refractivity contribution in [2.45, 2.75) is 12.8 Å². The molecule has 7 rings (SSSR count). The standard InChI is InChI=1S/C30H21NO/c1-4-13-27-23(8-1)24-9-2-5-14-28(24)31(27)21-18-16-20(17-19-21)22-11-7-12-26-25-10-3-6-15-29(25)32-30(22)26/h1-2,4-5,7-19H,3,6H2. The van der Waals surface area contributed by atoms with Gasteiger partial charge in [0.25, 0.3) is 0 Å². The van der Waals surface area contributed by atoms with Crippen molar-refractivity contribution < 1.29 is 4.42 Å². The summed E-state index contributed by atoms with van der Waals surface area (Å²) in [6, 6.07) is 32.6. The van der Waals surface area contributed by atoms with Gasteiger partial charge in [-0.2, -0.15) is 0 Å². The van der Waals surface area contributed by atoms with Gasteiger partial charge < -0.3 is 8.98 Å². The number of benzene rings is 4. The van der Waals surface area contributed by atoms with Gasteiger partial charge in [-0.3, -0.25) is 0 Å². The lowest BCUT2D eigenvalue weighted by Crippen LogP contribution is -2.21. The predicted octanol–water partition coefficient (Wildman–Crippen LogP) is 6.55. The van der Waals surface area contributed by atoms with Crippen LogP contribution in [0, 0.1) is 0 Å². The SMILES string of the molecule is C1=c2oc3c(-c4ccc(-n5c6ccccc6c6ccccc65)cc4)cccc3c2=CCC1. The van der Waals surface area contributed by atoms with Crippen LogP contribution in [0.25, 0.3) is 61.7 Å². The second-order valence-corrected chi connectivity index (χ2v) is 8.46. The van der Waals surface area contributed by atoms with Crippen molar-refractivity contribution in [3.8, 4) is 16.8 Å². The molecule has 0 radical (unpaired) electrons. The van der Waals surface area contributed by atoms with Gasteiger partial charge in [-0.25, -0.2) is 0 Å². The van der Waals surface area contributed by atoms with Crippen molar-refractivity contribution in [1.29, 1.82) is 0 Å². The van der Waals surface area contributed by atoms with E-state index in [0.29, 0.717) is 0 Å². The zero-order valence-corrected chi connectivity index (χ0v) is 17.6. The van der Waals surface area contributed by atoms with Gasteiger partial charge >= 0.3 is 0 Å². The van der Waals surface area contributed by atoms with Crippen molar-refractivity contribution in [2.75, 3.05) is 0 Å². The summed E-state index contributed by atoms with van der Waals surface area (Å²) in [6.45, 7) is 0. The highest BCUT2D eigenvalue weighted by Crippen LogP contribution is 2.33. The summed E-state index contributed by atoms with van der Waals surface area (Å²) in [5.74, 6) is 0. The van der Waals surface area contributed by atoms with Gasteiger partial charge in [0, 0.05) is 32.6 Å². The molecule has 4 aromatic carbocycles. The first-order chi connectivity index (χ1) is 15.9. The summed E-state index contributed by atoms with van der Waals surface area (Å²) in [5.41, 5.74) is 7.94. The minimum Gasteiger partial charge on any atom is -0.456 e. The predicted molar refractivity (Wildman–Crippen MR) is 133 cm³/mol. The lowest BCUT2D eigenvalue weighted by molar-refractivity contribution is 0.572. The van der Waals surface area contributed by atoms with Crippen LogP contribution in [0.5, 0.6) is 0 Å². The number of rotatable bonds is 2. The first-order valence-electron chi connectivity index (χ1n) is 11.2. The normalized spacial score (nSPS) is 13.2. The maximum atomic E-state index is 6.30. The number of hydrogen-bond donors (Lipinski definition) is 0. The van der Waals surface area contributed by atoms with Crippen LogP contribution in [-0.4, -0.2) is 4.57 Å². The third kappa shape index (κ3) is 2.47. The van der Waals surface area contributed by atoms with Crippen LogP contribution in [0.3, 0.4) is 0 Å². The summed E-state index contributed by atoms with van der Waals surface area (Å²) in [7, 11) is 0. The van der Waals surface area contributed by atoms with E-state index in [1.54, 1.807) is 0 Å². The number of fused-ring (bicyclic) bond motifs is 6. The topological polar surface area (TPSA) is 18.1 Å². The van der Waals surface area contributed by atoms with Crippen molar-refractivity contribution >= 4 is 44.9 Å². The molecule has 2 nitrogen and oxygen atoms in total. The molecule has 0 saturated carbocycles. The molecule has 1 aliphatic carbocycles. The average molecular weight is 412 g/mol. The number of furan rings is 1. The maximum absolute atomic E-state index is 6.30. The Labute approximate surface area is 185 Å². The minimum atomic E-state index is 0.983. The highest BCUT2D eigenvalue weighted by molar-refractivity contribution is 6.09. The highest BCUT2D eigenvalue weighted by Gasteiger charge is 2.13. The molecule has 0 atom stereocenters. The van der Waals surface area contributed by atoms with E-state index in [0.717, 1.165) is 29.4 Å². The van der Waals surface area contributed by atoms with Gasteiger partial charge in [-0.05, 0) is 48.7 Å². The molecule has 0 spiro atoms. The molecule has 2 aromatic heterocycles. The molecule has 2 heterocycles. The van der Waals surface area contributed by atoms with E-state index >= 15 is 0 Å². The number of para-hydroxylation sites is 3. The fourth-order valence-electron chi connectivity index (χ4n) is 5.18. The molecular formula is C30H21NO. The van der Waals surface area contributed by atoms with Crippen LogP contribution in [-0.2, 0) is 0 Å². The molecule has 2 heteroatoms. The van der Waals surface area contributed by atoms with Gasteiger partial charge in [0.15, 0.2) is 0 Å². The third-order valence-corrected chi connectivity index (χ3v) is 6.64. The molecule has 152 valence electrons. The number of nitrogens with zero attached hydrogens (tertiary/aromatic N) is 1. The quantitative estimate of drug-likeness (QED) is 0.316. The van der Waals surface area contributed by atoms with Gasteiger partial charge in [0.2, 0.25) is 0 Å². The summed E-state index contributed by atoms with van der Waals surface area (Å²) in [5, 5.41) is 5.02. The van der Waals surface area contributed by atoms with E-state index < -0.39 is 0 Å². The molecule has 0 N–H and O–H groups in total. The van der Waals surface area contributed by atoms with Crippen LogP contribution >= 0.6 is 0 Å². The summed E-state index contributed by atoms with van der Waals surface area (Å²) in [6.07, 6.45) is 6.65. The monoisotopic (exact) mass is 411 g/mol. The zero-order chi connectivity index (χ0) is 21.1. The molecule has 0 bridgehead atoms. The Balaban J connectivity index is 1.42. The smallest absolute Gasteiger partial charge is 0.143 e. The molecule has 0 unspecified atom stereocenters. The number of aromatic nitrogens is 1. The fraction of sp³-hybridized carbons (Fsp3) is 0.0667. The molecular weight excluding hydrogens is 390 g/mol. The molecule has 32 heavy (non-hydrogen) atoms. The summed E-state index contributed by atoms with van der Waals surface area (Å²) < 4.78 is 8.65. The van der Waals surface area contributed by atoms with Crippen LogP contribution in [0.2, 0.25) is 0 Å². The Morgan fingerprint density at radius 1 is 0.594 bits per heavy atom. The fourth-order valence-corrected chi connectivity index (χ4v) is 5.18. The Kier molecular flexibility index (Phi) is 3.71. The second-order valence-electron chi connectivity index (χ2n) is 8.46. The van der Waals surface area contributed by atoms with E-state index in [1.807, 2.05) is 0 Å². The minimum absolute atomic E-state index is 0.983. The zero-order valence-electron chi connectivity index (χ0n) is 17.6. The Morgan fingerprint density at radius 3 is 2.00 bits per heavy atom. The molecule has 1 aliphatic rings. The largest absolute Gasteiger partial charge is 0.456 e. The maximum Gasteiger partial charge on any atom is 0.143 e. The molecule has 6 aromatic rings. The average Bonchev–Trinajstić information content (AvgIpc) is 3.40. The number of hydrogen-bond acceptors (Lipinski definition) is 1. The van der Waals surface area contributed by atoms with Gasteiger partial charge in [0.1, 0.15) is 11.0 Å². The Hall–Kier alpha value is -4.04. The lowest BCUT2D eigenvalue weighted by atomic mass is 10.0. The Morgan fingerprint density at radius 2 is 1.25 bits per heavy atom. The molecule has 0 fully saturated rings.